The molecular weight excluding hydrogens is 266 g/mol. The van der Waals surface area contributed by atoms with Crippen molar-refractivity contribution in [3.63, 3.8) is 0 Å². The Morgan fingerprint density at radius 1 is 1.18 bits per heavy atom. The Bertz CT molecular complexity index is 600. The van der Waals surface area contributed by atoms with E-state index < -0.39 is 0 Å². The summed E-state index contributed by atoms with van der Waals surface area (Å²) in [5, 5.41) is 0. The number of hydrogen-bond donors (Lipinski definition) is 0. The summed E-state index contributed by atoms with van der Waals surface area (Å²) in [6.45, 7) is 18.4. The number of rotatable bonds is 4. The van der Waals surface area contributed by atoms with E-state index in [2.05, 4.69) is 63.2 Å². The fraction of sp³-hybridized carbons (Fsp3) is 0.381. The molecule has 1 aromatic carbocycles. The first-order valence-electron chi connectivity index (χ1n) is 8.19. The lowest BCUT2D eigenvalue weighted by Gasteiger charge is -2.17. The molecule has 0 bridgehead atoms. The minimum absolute atomic E-state index is 0.378. The average molecular weight is 295 g/mol. The van der Waals surface area contributed by atoms with Crippen molar-refractivity contribution in [1.82, 2.24) is 0 Å². The monoisotopic (exact) mass is 295 g/mol. The molecule has 0 saturated carbocycles. The smallest absolute Gasteiger partial charge is 0.0357 e. The van der Waals surface area contributed by atoms with E-state index in [1.807, 2.05) is 20.1 Å². The summed E-state index contributed by atoms with van der Waals surface area (Å²) in [5.74, 6) is 0.378. The van der Waals surface area contributed by atoms with Crippen molar-refractivity contribution in [3.05, 3.63) is 64.9 Å². The molecule has 1 heteroatoms. The van der Waals surface area contributed by atoms with E-state index in [-0.39, 0.29) is 0 Å². The zero-order valence-corrected chi connectivity index (χ0v) is 14.7. The van der Waals surface area contributed by atoms with Gasteiger partial charge < -0.3 is 0 Å². The minimum atomic E-state index is 0.378. The van der Waals surface area contributed by atoms with E-state index in [1.54, 1.807) is 0 Å². The standard InChI is InChI=1S/C19H23N.C2H6/c1-13(2)16(5)20-12-15(4)17-8-9-18-10-14(3)6-7-19(18)11-17;1-2/h6-7,10-13H,4-5,8-9H2,1-3H3;1-2H3. The van der Waals surface area contributed by atoms with Crippen LogP contribution < -0.4 is 0 Å². The maximum Gasteiger partial charge on any atom is 0.0357 e. The molecule has 1 aliphatic rings. The van der Waals surface area contributed by atoms with Crippen LogP contribution in [0.15, 0.2) is 53.2 Å². The van der Waals surface area contributed by atoms with E-state index >= 15 is 0 Å². The van der Waals surface area contributed by atoms with Gasteiger partial charge in [-0.25, -0.2) is 0 Å². The SMILES string of the molecule is C=C(C=NC(=C)C(C)C)C1=Cc2ccc(C)cc2CC1.CC. The first-order chi connectivity index (χ1) is 10.5. The molecule has 0 saturated heterocycles. The number of benzene rings is 1. The van der Waals surface area contributed by atoms with Gasteiger partial charge >= 0.3 is 0 Å². The van der Waals surface area contributed by atoms with Crippen LogP contribution in [0.1, 0.15) is 50.8 Å². The molecule has 22 heavy (non-hydrogen) atoms. The zero-order valence-electron chi connectivity index (χ0n) is 14.7. The summed E-state index contributed by atoms with van der Waals surface area (Å²) in [5.41, 5.74) is 7.26. The quantitative estimate of drug-likeness (QED) is 0.591. The molecule has 1 aromatic rings. The molecule has 2 rings (SSSR count). The Labute approximate surface area is 136 Å². The van der Waals surface area contributed by atoms with E-state index in [1.165, 1.54) is 22.3 Å². The lowest BCUT2D eigenvalue weighted by molar-refractivity contribution is 0.763. The molecule has 118 valence electrons. The third-order valence-electron chi connectivity index (χ3n) is 3.76. The number of aryl methyl sites for hydroxylation is 2. The van der Waals surface area contributed by atoms with Crippen molar-refractivity contribution >= 4 is 12.3 Å². The van der Waals surface area contributed by atoms with E-state index in [0.29, 0.717) is 5.92 Å². The Morgan fingerprint density at radius 3 is 2.50 bits per heavy atom. The maximum absolute atomic E-state index is 4.41. The van der Waals surface area contributed by atoms with Crippen LogP contribution >= 0.6 is 0 Å². The lowest BCUT2D eigenvalue weighted by atomic mass is 9.88. The van der Waals surface area contributed by atoms with Gasteiger partial charge in [0.1, 0.15) is 0 Å². The molecule has 0 aliphatic heterocycles. The van der Waals surface area contributed by atoms with Crippen molar-refractivity contribution in [2.45, 2.75) is 47.5 Å². The van der Waals surface area contributed by atoms with Gasteiger partial charge in [0.25, 0.3) is 0 Å². The van der Waals surface area contributed by atoms with Crippen LogP contribution in [0.3, 0.4) is 0 Å². The van der Waals surface area contributed by atoms with Crippen LogP contribution in [0.5, 0.6) is 0 Å². The second kappa shape index (κ2) is 8.53. The molecule has 0 atom stereocenters. The molecule has 1 nitrogen and oxygen atoms in total. The molecule has 0 amide bonds. The fourth-order valence-corrected chi connectivity index (χ4v) is 2.27. The summed E-state index contributed by atoms with van der Waals surface area (Å²) < 4.78 is 0. The average Bonchev–Trinajstić information content (AvgIpc) is 2.53. The normalized spacial score (nSPS) is 13.3. The minimum Gasteiger partial charge on any atom is -0.261 e. The van der Waals surface area contributed by atoms with Gasteiger partial charge in [0, 0.05) is 11.9 Å². The fourth-order valence-electron chi connectivity index (χ4n) is 2.27. The van der Waals surface area contributed by atoms with Crippen molar-refractivity contribution in [2.24, 2.45) is 10.9 Å². The second-order valence-corrected chi connectivity index (χ2v) is 5.80. The highest BCUT2D eigenvalue weighted by Crippen LogP contribution is 2.27. The number of aliphatic imine (C=N–C) groups is 1. The molecule has 0 spiro atoms. The van der Waals surface area contributed by atoms with Crippen LogP contribution in [-0.2, 0) is 6.42 Å². The van der Waals surface area contributed by atoms with Crippen LogP contribution in [0.2, 0.25) is 0 Å². The van der Waals surface area contributed by atoms with Gasteiger partial charge in [-0.05, 0) is 48.0 Å². The highest BCUT2D eigenvalue weighted by molar-refractivity contribution is 5.87. The van der Waals surface area contributed by atoms with Gasteiger partial charge in [0.05, 0.1) is 0 Å². The van der Waals surface area contributed by atoms with Crippen LogP contribution in [0, 0.1) is 12.8 Å². The molecule has 0 unspecified atom stereocenters. The third-order valence-corrected chi connectivity index (χ3v) is 3.76. The first kappa shape index (κ1) is 18.2. The second-order valence-electron chi connectivity index (χ2n) is 5.80. The van der Waals surface area contributed by atoms with Crippen LogP contribution in [0.25, 0.3) is 6.08 Å². The Balaban J connectivity index is 0.00000116. The zero-order chi connectivity index (χ0) is 16.7. The van der Waals surface area contributed by atoms with Crippen molar-refractivity contribution < 1.29 is 0 Å². The topological polar surface area (TPSA) is 12.4 Å². The molecule has 0 radical (unpaired) electrons. The molecule has 0 aromatic heterocycles. The van der Waals surface area contributed by atoms with Gasteiger partial charge in [-0.2, -0.15) is 0 Å². The van der Waals surface area contributed by atoms with E-state index in [9.17, 15) is 0 Å². The molecular formula is C21H29N. The van der Waals surface area contributed by atoms with Crippen LogP contribution in [-0.4, -0.2) is 6.21 Å². The largest absolute Gasteiger partial charge is 0.261 e. The van der Waals surface area contributed by atoms with Gasteiger partial charge in [-0.1, -0.05) is 70.7 Å². The molecule has 0 heterocycles. The highest BCUT2D eigenvalue weighted by Gasteiger charge is 2.11. The molecule has 0 N–H and O–H groups in total. The Hall–Kier alpha value is -1.89. The highest BCUT2D eigenvalue weighted by atomic mass is 14.7. The summed E-state index contributed by atoms with van der Waals surface area (Å²) in [6, 6.07) is 6.64. The molecule has 1 aliphatic carbocycles. The molecule has 0 fully saturated rings. The Kier molecular flexibility index (Phi) is 7.04. The number of nitrogens with zero attached hydrogens (tertiary/aromatic N) is 1. The van der Waals surface area contributed by atoms with Gasteiger partial charge in [-0.15, -0.1) is 0 Å². The number of hydrogen-bond acceptors (Lipinski definition) is 1. The lowest BCUT2D eigenvalue weighted by Crippen LogP contribution is -2.02. The Morgan fingerprint density at radius 2 is 1.86 bits per heavy atom. The number of allylic oxidation sites excluding steroid dienone is 3. The van der Waals surface area contributed by atoms with Crippen molar-refractivity contribution in [1.29, 1.82) is 0 Å². The summed E-state index contributed by atoms with van der Waals surface area (Å²) >= 11 is 0. The summed E-state index contributed by atoms with van der Waals surface area (Å²) in [6.07, 6.45) is 6.22. The first-order valence-corrected chi connectivity index (χ1v) is 8.19. The summed E-state index contributed by atoms with van der Waals surface area (Å²) in [4.78, 5) is 4.41. The maximum atomic E-state index is 4.41. The number of fused-ring (bicyclic) bond motifs is 1. The van der Waals surface area contributed by atoms with Crippen molar-refractivity contribution in [3.8, 4) is 0 Å². The van der Waals surface area contributed by atoms with E-state index in [0.717, 1.165) is 24.1 Å². The van der Waals surface area contributed by atoms with E-state index in [4.69, 9.17) is 0 Å². The van der Waals surface area contributed by atoms with Gasteiger partial charge in [-0.3, -0.25) is 4.99 Å². The summed E-state index contributed by atoms with van der Waals surface area (Å²) in [7, 11) is 0. The van der Waals surface area contributed by atoms with Crippen LogP contribution in [0.4, 0.5) is 0 Å². The van der Waals surface area contributed by atoms with Gasteiger partial charge in [0.2, 0.25) is 0 Å². The van der Waals surface area contributed by atoms with Gasteiger partial charge in [0.15, 0.2) is 0 Å². The predicted molar refractivity (Wildman–Crippen MR) is 100 cm³/mol. The predicted octanol–water partition coefficient (Wildman–Crippen LogP) is 6.15. The van der Waals surface area contributed by atoms with Crippen molar-refractivity contribution in [2.75, 3.05) is 0 Å². The third kappa shape index (κ3) is 4.84.